The van der Waals surface area contributed by atoms with Crippen molar-refractivity contribution < 1.29 is 14.6 Å². The van der Waals surface area contributed by atoms with Crippen LogP contribution in [-0.4, -0.2) is 16.5 Å². The molecular weight excluding hydrogens is 171 g/mol. The van der Waals surface area contributed by atoms with Gasteiger partial charge in [0.1, 0.15) is 5.82 Å². The molecule has 0 radical (unpaired) electrons. The molecule has 13 heavy (non-hydrogen) atoms. The molecule has 0 saturated heterocycles. The highest BCUT2D eigenvalue weighted by Crippen LogP contribution is 2.34. The zero-order chi connectivity index (χ0) is 9.42. The van der Waals surface area contributed by atoms with Gasteiger partial charge >= 0.3 is 0 Å². The Bertz CT molecular complexity index is 323. The molecule has 0 saturated carbocycles. The number of rotatable bonds is 1. The second kappa shape index (κ2) is 3.09. The normalized spacial score (nSPS) is 20.8. The maximum Gasteiger partial charge on any atom is 0.158 e. The number of hydrogen-bond acceptors (Lipinski definition) is 2. The molecule has 1 aromatic rings. The lowest BCUT2D eigenvalue weighted by Crippen LogP contribution is -2.14. The third kappa shape index (κ3) is 1.45. The first-order valence-corrected chi connectivity index (χ1v) is 4.33. The molecule has 1 aromatic carbocycles. The monoisotopic (exact) mass is 182 g/mol. The van der Waals surface area contributed by atoms with E-state index >= 15 is 0 Å². The number of hydrogen-bond donors (Lipinski definition) is 2. The maximum atomic E-state index is 12.8. The van der Waals surface area contributed by atoms with Gasteiger partial charge in [-0.25, -0.2) is 4.39 Å². The average molecular weight is 182 g/mol. The molecule has 0 heterocycles. The van der Waals surface area contributed by atoms with Crippen LogP contribution in [0.1, 0.15) is 23.5 Å². The molecule has 70 valence electrons. The van der Waals surface area contributed by atoms with Crippen molar-refractivity contribution in [3.05, 3.63) is 35.1 Å². The molecule has 2 rings (SSSR count). The molecule has 0 amide bonds. The first-order valence-electron chi connectivity index (χ1n) is 4.33. The van der Waals surface area contributed by atoms with E-state index in [1.165, 1.54) is 12.1 Å². The van der Waals surface area contributed by atoms with E-state index in [2.05, 4.69) is 0 Å². The highest BCUT2D eigenvalue weighted by molar-refractivity contribution is 5.35. The molecule has 0 fully saturated rings. The number of aryl methyl sites for hydroxylation is 1. The van der Waals surface area contributed by atoms with Crippen molar-refractivity contribution in [1.29, 1.82) is 0 Å². The lowest BCUT2D eigenvalue weighted by Gasteiger charge is -2.13. The van der Waals surface area contributed by atoms with E-state index in [-0.39, 0.29) is 11.7 Å². The Kier molecular flexibility index (Phi) is 2.06. The molecule has 1 aliphatic carbocycles. The molecule has 2 nitrogen and oxygen atoms in total. The van der Waals surface area contributed by atoms with E-state index in [4.69, 9.17) is 10.2 Å². The van der Waals surface area contributed by atoms with Gasteiger partial charge in [-0.05, 0) is 36.1 Å². The Hall–Kier alpha value is -0.930. The fourth-order valence-corrected chi connectivity index (χ4v) is 1.91. The first-order chi connectivity index (χ1) is 6.18. The van der Waals surface area contributed by atoms with Gasteiger partial charge in [0, 0.05) is 5.92 Å². The highest BCUT2D eigenvalue weighted by Gasteiger charge is 2.27. The smallest absolute Gasteiger partial charge is 0.158 e. The fraction of sp³-hybridized carbons (Fsp3) is 0.400. The zero-order valence-electron chi connectivity index (χ0n) is 7.07. The summed E-state index contributed by atoms with van der Waals surface area (Å²) in [4.78, 5) is 0. The average Bonchev–Trinajstić information content (AvgIpc) is 2.46. The number of benzene rings is 1. The SMILES string of the molecule is OC(O)C1CCc2ccc(F)cc21. The Morgan fingerprint density at radius 3 is 2.85 bits per heavy atom. The van der Waals surface area contributed by atoms with Crippen LogP contribution in [-0.2, 0) is 6.42 Å². The number of aliphatic hydroxyl groups excluding tert-OH is 1. The second-order valence-corrected chi connectivity index (χ2v) is 3.40. The summed E-state index contributed by atoms with van der Waals surface area (Å²) in [7, 11) is 0. The second-order valence-electron chi connectivity index (χ2n) is 3.40. The summed E-state index contributed by atoms with van der Waals surface area (Å²) in [5.74, 6) is -0.628. The molecule has 0 aliphatic heterocycles. The van der Waals surface area contributed by atoms with Crippen LogP contribution in [0.5, 0.6) is 0 Å². The predicted octanol–water partition coefficient (Wildman–Crippen LogP) is 1.17. The standard InChI is InChI=1S/C10H11FO2/c11-7-3-1-6-2-4-8(10(12)13)9(6)5-7/h1,3,5,8,10,12-13H,2,4H2. The van der Waals surface area contributed by atoms with Crippen molar-refractivity contribution in [2.75, 3.05) is 0 Å². The zero-order valence-corrected chi connectivity index (χ0v) is 7.07. The van der Waals surface area contributed by atoms with Crippen LogP contribution < -0.4 is 0 Å². The largest absolute Gasteiger partial charge is 0.368 e. The lowest BCUT2D eigenvalue weighted by atomic mass is 10.0. The van der Waals surface area contributed by atoms with Gasteiger partial charge in [-0.1, -0.05) is 6.07 Å². The van der Waals surface area contributed by atoms with Crippen molar-refractivity contribution >= 4 is 0 Å². The third-order valence-corrected chi connectivity index (χ3v) is 2.59. The van der Waals surface area contributed by atoms with Crippen LogP contribution in [0.2, 0.25) is 0 Å². The van der Waals surface area contributed by atoms with Crippen molar-refractivity contribution in [3.63, 3.8) is 0 Å². The molecule has 1 unspecified atom stereocenters. The Morgan fingerprint density at radius 1 is 1.38 bits per heavy atom. The Labute approximate surface area is 75.6 Å². The van der Waals surface area contributed by atoms with Crippen molar-refractivity contribution in [2.24, 2.45) is 0 Å². The van der Waals surface area contributed by atoms with Gasteiger partial charge < -0.3 is 10.2 Å². The quantitative estimate of drug-likeness (QED) is 0.640. The summed E-state index contributed by atoms with van der Waals surface area (Å²) < 4.78 is 12.8. The molecule has 2 N–H and O–H groups in total. The number of halogens is 1. The predicted molar refractivity (Wildman–Crippen MR) is 45.7 cm³/mol. The molecule has 0 spiro atoms. The van der Waals surface area contributed by atoms with Crippen LogP contribution in [0.25, 0.3) is 0 Å². The van der Waals surface area contributed by atoms with Crippen molar-refractivity contribution in [3.8, 4) is 0 Å². The van der Waals surface area contributed by atoms with Gasteiger partial charge in [-0.2, -0.15) is 0 Å². The number of aliphatic hydroxyl groups is 2. The van der Waals surface area contributed by atoms with E-state index in [0.717, 1.165) is 17.5 Å². The Balaban J connectivity index is 2.40. The molecular formula is C10H11FO2. The van der Waals surface area contributed by atoms with Gasteiger partial charge in [0.2, 0.25) is 0 Å². The highest BCUT2D eigenvalue weighted by atomic mass is 19.1. The third-order valence-electron chi connectivity index (χ3n) is 2.59. The minimum absolute atomic E-state index is 0.314. The van der Waals surface area contributed by atoms with E-state index in [9.17, 15) is 4.39 Å². The minimum Gasteiger partial charge on any atom is -0.368 e. The van der Waals surface area contributed by atoms with Crippen molar-refractivity contribution in [1.82, 2.24) is 0 Å². The lowest BCUT2D eigenvalue weighted by molar-refractivity contribution is -0.0597. The van der Waals surface area contributed by atoms with Crippen LogP contribution >= 0.6 is 0 Å². The van der Waals surface area contributed by atoms with E-state index < -0.39 is 6.29 Å². The summed E-state index contributed by atoms with van der Waals surface area (Å²) in [5.41, 5.74) is 1.77. The molecule has 0 bridgehead atoms. The fourth-order valence-electron chi connectivity index (χ4n) is 1.91. The summed E-state index contributed by atoms with van der Waals surface area (Å²) in [6, 6.07) is 4.52. The minimum atomic E-state index is -1.37. The Morgan fingerprint density at radius 2 is 2.15 bits per heavy atom. The molecule has 3 heteroatoms. The molecule has 0 aromatic heterocycles. The first kappa shape index (κ1) is 8.66. The van der Waals surface area contributed by atoms with Crippen LogP contribution in [0.15, 0.2) is 18.2 Å². The number of fused-ring (bicyclic) bond motifs is 1. The maximum absolute atomic E-state index is 12.8. The van der Waals surface area contributed by atoms with E-state index in [1.807, 2.05) is 0 Å². The summed E-state index contributed by atoms with van der Waals surface area (Å²) in [6.07, 6.45) is 0.122. The summed E-state index contributed by atoms with van der Waals surface area (Å²) in [6.45, 7) is 0. The van der Waals surface area contributed by atoms with Crippen LogP contribution in [0.4, 0.5) is 4.39 Å². The van der Waals surface area contributed by atoms with Gasteiger partial charge in [0.25, 0.3) is 0 Å². The van der Waals surface area contributed by atoms with Crippen LogP contribution in [0.3, 0.4) is 0 Å². The van der Waals surface area contributed by atoms with Crippen LogP contribution in [0, 0.1) is 5.82 Å². The topological polar surface area (TPSA) is 40.5 Å². The van der Waals surface area contributed by atoms with Gasteiger partial charge in [-0.3, -0.25) is 0 Å². The van der Waals surface area contributed by atoms with E-state index in [0.29, 0.717) is 6.42 Å². The molecule has 1 aliphatic rings. The van der Waals surface area contributed by atoms with Gasteiger partial charge in [-0.15, -0.1) is 0 Å². The summed E-state index contributed by atoms with van der Waals surface area (Å²) >= 11 is 0. The molecule has 1 atom stereocenters. The van der Waals surface area contributed by atoms with Gasteiger partial charge in [0.05, 0.1) is 0 Å². The summed E-state index contributed by atoms with van der Waals surface area (Å²) in [5, 5.41) is 18.0. The van der Waals surface area contributed by atoms with Gasteiger partial charge in [0.15, 0.2) is 6.29 Å². The van der Waals surface area contributed by atoms with E-state index in [1.54, 1.807) is 6.07 Å². The van der Waals surface area contributed by atoms with Crippen molar-refractivity contribution in [2.45, 2.75) is 25.0 Å².